The second kappa shape index (κ2) is 8.84. The lowest BCUT2D eigenvalue weighted by atomic mass is 10.1. The molecule has 8 nitrogen and oxygen atoms in total. The lowest BCUT2D eigenvalue weighted by molar-refractivity contribution is 0.0764. The number of hydrogen-bond donors (Lipinski definition) is 0. The van der Waals surface area contributed by atoms with E-state index in [0.29, 0.717) is 50.3 Å². The average Bonchev–Trinajstić information content (AvgIpc) is 2.97. The Kier molecular flexibility index (Phi) is 6.28. The van der Waals surface area contributed by atoms with Gasteiger partial charge in [-0.05, 0) is 56.2 Å². The second-order valence-electron chi connectivity index (χ2n) is 8.15. The minimum Gasteiger partial charge on any atom is -0.337 e. The zero-order valence-corrected chi connectivity index (χ0v) is 19.6. The van der Waals surface area contributed by atoms with Gasteiger partial charge in [-0.3, -0.25) is 9.10 Å². The van der Waals surface area contributed by atoms with Gasteiger partial charge >= 0.3 is 0 Å². The third kappa shape index (κ3) is 4.53. The molecule has 2 aromatic carbocycles. The van der Waals surface area contributed by atoms with Crippen molar-refractivity contribution in [3.63, 3.8) is 0 Å². The van der Waals surface area contributed by atoms with Gasteiger partial charge in [-0.2, -0.15) is 4.31 Å². The summed E-state index contributed by atoms with van der Waals surface area (Å²) in [5.74, 6) is -0.0425. The fourth-order valence-electron chi connectivity index (χ4n) is 4.08. The number of sulfonamides is 2. The van der Waals surface area contributed by atoms with E-state index in [2.05, 4.69) is 0 Å². The minimum atomic E-state index is -3.61. The smallest absolute Gasteiger partial charge is 0.253 e. The SMILES string of the molecule is Cc1ccc(S(=O)(=O)N2CCCN(C(=O)c3ccc(N4CCCS4(=O)=O)cc3)CC2)cc1. The highest BCUT2D eigenvalue weighted by Crippen LogP contribution is 2.25. The Labute approximate surface area is 189 Å². The van der Waals surface area contributed by atoms with Gasteiger partial charge in [0.1, 0.15) is 0 Å². The van der Waals surface area contributed by atoms with Crippen LogP contribution in [-0.2, 0) is 20.0 Å². The number of carbonyl (C=O) groups is 1. The van der Waals surface area contributed by atoms with Crippen LogP contribution in [-0.4, -0.2) is 70.4 Å². The maximum absolute atomic E-state index is 13.0. The summed E-state index contributed by atoms with van der Waals surface area (Å²) in [4.78, 5) is 14.9. The van der Waals surface area contributed by atoms with Crippen LogP contribution in [0.25, 0.3) is 0 Å². The first-order valence-electron chi connectivity index (χ1n) is 10.6. The van der Waals surface area contributed by atoms with Crippen LogP contribution in [0.2, 0.25) is 0 Å². The molecule has 10 heteroatoms. The summed E-state index contributed by atoms with van der Waals surface area (Å²) in [5, 5.41) is 0. The highest BCUT2D eigenvalue weighted by Gasteiger charge is 2.30. The minimum absolute atomic E-state index is 0.142. The van der Waals surface area contributed by atoms with Crippen molar-refractivity contribution in [1.82, 2.24) is 9.21 Å². The molecule has 0 radical (unpaired) electrons. The lowest BCUT2D eigenvalue weighted by Crippen LogP contribution is -2.37. The summed E-state index contributed by atoms with van der Waals surface area (Å²) in [6.45, 7) is 3.69. The largest absolute Gasteiger partial charge is 0.337 e. The molecule has 0 unspecified atom stereocenters. The summed E-state index contributed by atoms with van der Waals surface area (Å²) >= 11 is 0. The van der Waals surface area contributed by atoms with Gasteiger partial charge in [0.25, 0.3) is 5.91 Å². The number of hydrogen-bond acceptors (Lipinski definition) is 5. The Balaban J connectivity index is 1.44. The first-order chi connectivity index (χ1) is 15.2. The van der Waals surface area contributed by atoms with Gasteiger partial charge in [0.2, 0.25) is 20.0 Å². The summed E-state index contributed by atoms with van der Waals surface area (Å²) in [5.41, 5.74) is 2.01. The Hall–Kier alpha value is -2.43. The van der Waals surface area contributed by atoms with E-state index in [-0.39, 0.29) is 23.1 Å². The molecular weight excluding hydrogens is 450 g/mol. The van der Waals surface area contributed by atoms with E-state index in [0.717, 1.165) is 5.56 Å². The first kappa shape index (κ1) is 22.8. The van der Waals surface area contributed by atoms with E-state index < -0.39 is 20.0 Å². The van der Waals surface area contributed by atoms with E-state index >= 15 is 0 Å². The van der Waals surface area contributed by atoms with Crippen LogP contribution >= 0.6 is 0 Å². The Morgan fingerprint density at radius 1 is 0.844 bits per heavy atom. The quantitative estimate of drug-likeness (QED) is 0.672. The number of amides is 1. The monoisotopic (exact) mass is 477 g/mol. The van der Waals surface area contributed by atoms with Crippen molar-refractivity contribution in [3.05, 3.63) is 59.7 Å². The van der Waals surface area contributed by atoms with Crippen LogP contribution in [0.1, 0.15) is 28.8 Å². The van der Waals surface area contributed by atoms with Crippen LogP contribution in [0.15, 0.2) is 53.4 Å². The highest BCUT2D eigenvalue weighted by atomic mass is 32.2. The van der Waals surface area contributed by atoms with E-state index in [1.807, 2.05) is 6.92 Å². The summed E-state index contributed by atoms with van der Waals surface area (Å²) < 4.78 is 53.0. The molecule has 172 valence electrons. The molecule has 0 atom stereocenters. The molecule has 0 N–H and O–H groups in total. The van der Waals surface area contributed by atoms with Crippen LogP contribution < -0.4 is 4.31 Å². The topological polar surface area (TPSA) is 95.1 Å². The molecule has 2 aliphatic heterocycles. The van der Waals surface area contributed by atoms with Gasteiger partial charge in [-0.1, -0.05) is 17.7 Å². The molecule has 2 aromatic rings. The third-order valence-corrected chi connectivity index (χ3v) is 9.68. The standard InChI is InChI=1S/C22H27N3O5S2/c1-18-4-10-21(11-5-18)32(29,30)24-13-2-12-23(15-16-24)22(26)19-6-8-20(9-7-19)25-14-3-17-31(25,27)28/h4-11H,2-3,12-17H2,1H3. The summed E-state index contributed by atoms with van der Waals surface area (Å²) in [6, 6.07) is 13.4. The fraction of sp³-hybridized carbons (Fsp3) is 0.409. The van der Waals surface area contributed by atoms with Gasteiger partial charge in [-0.15, -0.1) is 0 Å². The number of rotatable bonds is 4. The Bertz CT molecular complexity index is 1190. The van der Waals surface area contributed by atoms with Crippen LogP contribution in [0.4, 0.5) is 5.69 Å². The van der Waals surface area contributed by atoms with Crippen molar-refractivity contribution in [3.8, 4) is 0 Å². The highest BCUT2D eigenvalue weighted by molar-refractivity contribution is 7.93. The van der Waals surface area contributed by atoms with E-state index in [1.165, 1.54) is 8.61 Å². The van der Waals surface area contributed by atoms with Gasteiger partial charge in [0.05, 0.1) is 16.3 Å². The first-order valence-corrected chi connectivity index (χ1v) is 13.7. The molecule has 2 aliphatic rings. The molecule has 2 heterocycles. The molecule has 0 bridgehead atoms. The maximum atomic E-state index is 13.0. The van der Waals surface area contributed by atoms with Gasteiger partial charge in [0.15, 0.2) is 0 Å². The normalized spacial score (nSPS) is 19.7. The van der Waals surface area contributed by atoms with Crippen molar-refractivity contribution in [2.45, 2.75) is 24.7 Å². The predicted octanol–water partition coefficient (Wildman–Crippen LogP) is 2.07. The van der Waals surface area contributed by atoms with E-state index in [4.69, 9.17) is 0 Å². The Morgan fingerprint density at radius 3 is 2.16 bits per heavy atom. The van der Waals surface area contributed by atoms with Gasteiger partial charge in [0, 0.05) is 38.3 Å². The van der Waals surface area contributed by atoms with Gasteiger partial charge in [-0.25, -0.2) is 16.8 Å². The maximum Gasteiger partial charge on any atom is 0.253 e. The molecule has 32 heavy (non-hydrogen) atoms. The number of nitrogens with zero attached hydrogens (tertiary/aromatic N) is 3. The van der Waals surface area contributed by atoms with Crippen molar-refractivity contribution < 1.29 is 21.6 Å². The zero-order chi connectivity index (χ0) is 22.9. The van der Waals surface area contributed by atoms with Crippen molar-refractivity contribution >= 4 is 31.6 Å². The molecule has 0 spiro atoms. The van der Waals surface area contributed by atoms with E-state index in [9.17, 15) is 21.6 Å². The van der Waals surface area contributed by atoms with Crippen molar-refractivity contribution in [2.24, 2.45) is 0 Å². The van der Waals surface area contributed by atoms with Crippen LogP contribution in [0.5, 0.6) is 0 Å². The average molecular weight is 478 g/mol. The number of aryl methyl sites for hydroxylation is 1. The second-order valence-corrected chi connectivity index (χ2v) is 12.1. The lowest BCUT2D eigenvalue weighted by Gasteiger charge is -2.22. The number of anilines is 1. The van der Waals surface area contributed by atoms with Gasteiger partial charge < -0.3 is 4.90 Å². The third-order valence-electron chi connectivity index (χ3n) is 5.90. The molecule has 2 saturated heterocycles. The molecule has 0 saturated carbocycles. The fourth-order valence-corrected chi connectivity index (χ4v) is 7.11. The van der Waals surface area contributed by atoms with Crippen molar-refractivity contribution in [1.29, 1.82) is 0 Å². The molecule has 0 aromatic heterocycles. The van der Waals surface area contributed by atoms with Crippen LogP contribution in [0, 0.1) is 6.92 Å². The molecular formula is C22H27N3O5S2. The molecule has 1 amide bonds. The predicted molar refractivity (Wildman–Crippen MR) is 123 cm³/mol. The number of carbonyl (C=O) groups excluding carboxylic acids is 1. The zero-order valence-electron chi connectivity index (χ0n) is 18.0. The van der Waals surface area contributed by atoms with Crippen LogP contribution in [0.3, 0.4) is 0 Å². The summed E-state index contributed by atoms with van der Waals surface area (Å²) in [7, 11) is -6.88. The van der Waals surface area contributed by atoms with Crippen molar-refractivity contribution in [2.75, 3.05) is 42.8 Å². The molecule has 2 fully saturated rings. The summed E-state index contributed by atoms with van der Waals surface area (Å²) in [6.07, 6.45) is 1.14. The molecule has 0 aliphatic carbocycles. The molecule has 4 rings (SSSR count). The number of benzene rings is 2. The van der Waals surface area contributed by atoms with E-state index in [1.54, 1.807) is 53.4 Å². The Morgan fingerprint density at radius 2 is 1.53 bits per heavy atom.